The second-order valence-electron chi connectivity index (χ2n) is 7.33. The topological polar surface area (TPSA) is 82.6 Å². The summed E-state index contributed by atoms with van der Waals surface area (Å²) in [6.07, 6.45) is 3.79. The van der Waals surface area contributed by atoms with E-state index in [1.54, 1.807) is 43.6 Å². The van der Waals surface area contributed by atoms with E-state index in [-0.39, 0.29) is 35.0 Å². The molecular formula is C23H20FNO5S. The van der Waals surface area contributed by atoms with Gasteiger partial charge < -0.3 is 9.47 Å². The number of ketones is 1. The van der Waals surface area contributed by atoms with Crippen LogP contribution in [0.25, 0.3) is 0 Å². The lowest BCUT2D eigenvalue weighted by Gasteiger charge is -2.25. The zero-order valence-electron chi connectivity index (χ0n) is 17.0. The predicted molar refractivity (Wildman–Crippen MR) is 112 cm³/mol. The van der Waals surface area contributed by atoms with Gasteiger partial charge in [0.25, 0.3) is 0 Å². The SMILES string of the molecule is Cc1c(O[C@@H](c2ccncc2)c2ccc(S(C)(=O)=O)cc2)c(F)cc2c1OCCC2=O. The Bertz CT molecular complexity index is 1240. The van der Waals surface area contributed by atoms with E-state index < -0.39 is 21.8 Å². The van der Waals surface area contributed by atoms with Crippen LogP contribution in [0, 0.1) is 12.7 Å². The van der Waals surface area contributed by atoms with Crippen LogP contribution < -0.4 is 9.47 Å². The average Bonchev–Trinajstić information content (AvgIpc) is 2.75. The number of ether oxygens (including phenoxy) is 2. The summed E-state index contributed by atoms with van der Waals surface area (Å²) in [7, 11) is -3.36. The molecule has 0 N–H and O–H groups in total. The third kappa shape index (κ3) is 4.16. The molecule has 0 saturated carbocycles. The molecule has 6 nitrogen and oxygen atoms in total. The molecule has 1 atom stereocenters. The first-order chi connectivity index (χ1) is 14.8. The maximum atomic E-state index is 15.0. The van der Waals surface area contributed by atoms with Gasteiger partial charge in [-0.2, -0.15) is 0 Å². The van der Waals surface area contributed by atoms with Gasteiger partial charge in [0.2, 0.25) is 0 Å². The van der Waals surface area contributed by atoms with Crippen LogP contribution in [0.15, 0.2) is 59.8 Å². The molecule has 0 bridgehead atoms. The fourth-order valence-electron chi connectivity index (χ4n) is 3.53. The van der Waals surface area contributed by atoms with Crippen molar-refractivity contribution >= 4 is 15.6 Å². The van der Waals surface area contributed by atoms with E-state index in [9.17, 15) is 17.6 Å². The van der Waals surface area contributed by atoms with Crippen molar-refractivity contribution in [1.29, 1.82) is 0 Å². The van der Waals surface area contributed by atoms with Crippen molar-refractivity contribution in [3.63, 3.8) is 0 Å². The molecular weight excluding hydrogens is 421 g/mol. The summed E-state index contributed by atoms with van der Waals surface area (Å²) in [5.41, 5.74) is 1.95. The van der Waals surface area contributed by atoms with Gasteiger partial charge in [0.1, 0.15) is 11.9 Å². The standard InChI is InChI=1S/C23H20FNO5S/c1-14-21-18(20(26)9-12-29-21)13-19(24)22(14)30-23(16-7-10-25-11-8-16)15-3-5-17(6-4-15)31(2,27)28/h3-8,10-11,13,23H,9,12H2,1-2H3/t23-/m1/s1. The number of benzene rings is 2. The highest BCUT2D eigenvalue weighted by atomic mass is 32.2. The molecule has 0 spiro atoms. The van der Waals surface area contributed by atoms with E-state index >= 15 is 0 Å². The number of halogens is 1. The average molecular weight is 441 g/mol. The highest BCUT2D eigenvalue weighted by Crippen LogP contribution is 2.40. The number of Topliss-reactive ketones (excluding diaryl/α,β-unsaturated/α-hetero) is 1. The van der Waals surface area contributed by atoms with E-state index in [2.05, 4.69) is 4.98 Å². The number of fused-ring (bicyclic) bond motifs is 1. The van der Waals surface area contributed by atoms with E-state index in [1.165, 1.54) is 12.1 Å². The fourth-order valence-corrected chi connectivity index (χ4v) is 4.17. The van der Waals surface area contributed by atoms with Crippen molar-refractivity contribution in [3.05, 3.63) is 82.9 Å². The van der Waals surface area contributed by atoms with Crippen molar-refractivity contribution in [2.45, 2.75) is 24.3 Å². The van der Waals surface area contributed by atoms with Gasteiger partial charge in [-0.15, -0.1) is 0 Å². The molecule has 3 aromatic rings. The molecule has 160 valence electrons. The first kappa shape index (κ1) is 21.0. The van der Waals surface area contributed by atoms with Gasteiger partial charge in [0, 0.05) is 30.6 Å². The maximum absolute atomic E-state index is 15.0. The highest BCUT2D eigenvalue weighted by molar-refractivity contribution is 7.90. The first-order valence-corrected chi connectivity index (χ1v) is 11.5. The number of carbonyl (C=O) groups excluding carboxylic acids is 1. The largest absolute Gasteiger partial charge is 0.492 e. The summed E-state index contributed by atoms with van der Waals surface area (Å²) in [6, 6.07) is 10.9. The molecule has 0 aliphatic carbocycles. The Labute approximate surface area is 179 Å². The summed E-state index contributed by atoms with van der Waals surface area (Å²) >= 11 is 0. The van der Waals surface area contributed by atoms with E-state index in [0.717, 1.165) is 12.3 Å². The van der Waals surface area contributed by atoms with Crippen molar-refractivity contribution in [1.82, 2.24) is 4.98 Å². The molecule has 1 aromatic heterocycles. The van der Waals surface area contributed by atoms with Crippen LogP contribution in [-0.4, -0.2) is 32.0 Å². The fraction of sp³-hybridized carbons (Fsp3) is 0.217. The van der Waals surface area contributed by atoms with E-state index in [4.69, 9.17) is 9.47 Å². The Morgan fingerprint density at radius 2 is 1.74 bits per heavy atom. The molecule has 0 radical (unpaired) electrons. The monoisotopic (exact) mass is 441 g/mol. The van der Waals surface area contributed by atoms with Gasteiger partial charge >= 0.3 is 0 Å². The van der Waals surface area contributed by atoms with Crippen LogP contribution in [0.5, 0.6) is 11.5 Å². The zero-order chi connectivity index (χ0) is 22.2. The Hall–Kier alpha value is -3.26. The summed E-state index contributed by atoms with van der Waals surface area (Å²) in [6.45, 7) is 1.88. The lowest BCUT2D eigenvalue weighted by atomic mass is 9.99. The third-order valence-corrected chi connectivity index (χ3v) is 6.27. The Morgan fingerprint density at radius 3 is 2.39 bits per heavy atom. The number of hydrogen-bond acceptors (Lipinski definition) is 6. The van der Waals surface area contributed by atoms with Gasteiger partial charge in [0.15, 0.2) is 27.2 Å². The third-order valence-electron chi connectivity index (χ3n) is 5.15. The number of hydrogen-bond donors (Lipinski definition) is 0. The first-order valence-electron chi connectivity index (χ1n) is 9.61. The van der Waals surface area contributed by atoms with Crippen LogP contribution in [0.2, 0.25) is 0 Å². The van der Waals surface area contributed by atoms with Gasteiger partial charge in [0.05, 0.1) is 17.1 Å². The van der Waals surface area contributed by atoms with Crippen molar-refractivity contribution in [2.75, 3.05) is 12.9 Å². The Kier molecular flexibility index (Phi) is 5.49. The molecule has 0 saturated heterocycles. The van der Waals surface area contributed by atoms with Crippen molar-refractivity contribution in [3.8, 4) is 11.5 Å². The highest BCUT2D eigenvalue weighted by Gasteiger charge is 2.28. The minimum atomic E-state index is -3.36. The quantitative estimate of drug-likeness (QED) is 0.594. The molecule has 0 unspecified atom stereocenters. The minimum Gasteiger partial charge on any atom is -0.492 e. The smallest absolute Gasteiger partial charge is 0.175 e. The normalized spacial score (nSPS) is 14.5. The Morgan fingerprint density at radius 1 is 1.10 bits per heavy atom. The number of nitrogens with zero attached hydrogens (tertiary/aromatic N) is 1. The second-order valence-corrected chi connectivity index (χ2v) is 9.35. The number of pyridine rings is 1. The van der Waals surface area contributed by atoms with Crippen LogP contribution in [-0.2, 0) is 9.84 Å². The lowest BCUT2D eigenvalue weighted by Crippen LogP contribution is -2.18. The van der Waals surface area contributed by atoms with Gasteiger partial charge in [-0.1, -0.05) is 12.1 Å². The number of sulfone groups is 1. The predicted octanol–water partition coefficient (Wildman–Crippen LogP) is 4.07. The van der Waals surface area contributed by atoms with Crippen molar-refractivity contribution in [2.24, 2.45) is 0 Å². The van der Waals surface area contributed by atoms with Gasteiger partial charge in [-0.05, 0) is 48.4 Å². The van der Waals surface area contributed by atoms with Crippen LogP contribution in [0.3, 0.4) is 0 Å². The molecule has 0 fully saturated rings. The zero-order valence-corrected chi connectivity index (χ0v) is 17.8. The van der Waals surface area contributed by atoms with Crippen LogP contribution in [0.1, 0.15) is 39.6 Å². The molecule has 1 aliphatic rings. The minimum absolute atomic E-state index is 0.0255. The maximum Gasteiger partial charge on any atom is 0.175 e. The van der Waals surface area contributed by atoms with Crippen molar-refractivity contribution < 1.29 is 27.1 Å². The Balaban J connectivity index is 1.79. The van der Waals surface area contributed by atoms with Gasteiger partial charge in [-0.3, -0.25) is 9.78 Å². The van der Waals surface area contributed by atoms with Gasteiger partial charge in [-0.25, -0.2) is 12.8 Å². The summed E-state index contributed by atoms with van der Waals surface area (Å²) in [4.78, 5) is 16.3. The molecule has 31 heavy (non-hydrogen) atoms. The lowest BCUT2D eigenvalue weighted by molar-refractivity contribution is 0.0931. The molecule has 8 heteroatoms. The number of carbonyl (C=O) groups is 1. The molecule has 0 amide bonds. The number of rotatable bonds is 5. The van der Waals surface area contributed by atoms with Crippen LogP contribution in [0.4, 0.5) is 4.39 Å². The molecule has 1 aliphatic heterocycles. The van der Waals surface area contributed by atoms with E-state index in [1.807, 2.05) is 0 Å². The molecule has 4 rings (SSSR count). The summed E-state index contributed by atoms with van der Waals surface area (Å²) in [5, 5.41) is 0. The molecule has 2 heterocycles. The summed E-state index contributed by atoms with van der Waals surface area (Å²) in [5.74, 6) is -0.533. The number of aromatic nitrogens is 1. The summed E-state index contributed by atoms with van der Waals surface area (Å²) < 4.78 is 50.3. The van der Waals surface area contributed by atoms with Crippen LogP contribution >= 0.6 is 0 Å². The molecule has 2 aromatic carbocycles. The second kappa shape index (κ2) is 8.11. The van der Waals surface area contributed by atoms with E-state index in [0.29, 0.717) is 22.4 Å².